The summed E-state index contributed by atoms with van der Waals surface area (Å²) in [7, 11) is 0. The number of carbonyl (C=O) groups is 2. The number of hydrogen-bond acceptors (Lipinski definition) is 4. The van der Waals surface area contributed by atoms with E-state index in [-0.39, 0.29) is 19.0 Å². The SMILES string of the molecule is O=C(CNC(=O)OCc1ccccc1)N/N=C\c1ccc(F)cc1. The maximum atomic E-state index is 12.7. The summed E-state index contributed by atoms with van der Waals surface area (Å²) in [4.78, 5) is 23.0. The summed E-state index contributed by atoms with van der Waals surface area (Å²) in [6.07, 6.45) is 0.668. The minimum Gasteiger partial charge on any atom is -0.445 e. The third kappa shape index (κ3) is 6.27. The van der Waals surface area contributed by atoms with Gasteiger partial charge in [-0.2, -0.15) is 5.10 Å². The van der Waals surface area contributed by atoms with Crippen LogP contribution in [0.3, 0.4) is 0 Å². The van der Waals surface area contributed by atoms with E-state index in [4.69, 9.17) is 4.74 Å². The van der Waals surface area contributed by atoms with Crippen LogP contribution >= 0.6 is 0 Å². The normalized spacial score (nSPS) is 10.4. The fraction of sp³-hybridized carbons (Fsp3) is 0.118. The number of halogens is 1. The van der Waals surface area contributed by atoms with E-state index in [1.54, 1.807) is 0 Å². The third-order valence-electron chi connectivity index (χ3n) is 2.88. The summed E-state index contributed by atoms with van der Waals surface area (Å²) in [5, 5.41) is 6.02. The lowest BCUT2D eigenvalue weighted by atomic mass is 10.2. The Balaban J connectivity index is 1.65. The minimum absolute atomic E-state index is 0.122. The number of hydrazone groups is 1. The van der Waals surface area contributed by atoms with E-state index in [1.807, 2.05) is 30.3 Å². The number of ether oxygens (including phenoxy) is 1. The molecule has 0 aromatic heterocycles. The van der Waals surface area contributed by atoms with E-state index in [9.17, 15) is 14.0 Å². The quantitative estimate of drug-likeness (QED) is 0.630. The van der Waals surface area contributed by atoms with Crippen LogP contribution in [0.25, 0.3) is 0 Å². The summed E-state index contributed by atoms with van der Waals surface area (Å²) in [6.45, 7) is -0.147. The highest BCUT2D eigenvalue weighted by Gasteiger charge is 2.05. The first-order valence-corrected chi connectivity index (χ1v) is 7.15. The Hall–Kier alpha value is -3.22. The number of carbonyl (C=O) groups excluding carboxylic acids is 2. The second-order valence-corrected chi connectivity index (χ2v) is 4.76. The summed E-state index contributed by atoms with van der Waals surface area (Å²) in [5.41, 5.74) is 3.72. The Morgan fingerprint density at radius 1 is 1.08 bits per heavy atom. The zero-order valence-electron chi connectivity index (χ0n) is 12.7. The first kappa shape index (κ1) is 17.1. The van der Waals surface area contributed by atoms with Crippen molar-refractivity contribution < 1.29 is 18.7 Å². The number of rotatable bonds is 6. The van der Waals surface area contributed by atoms with Crippen molar-refractivity contribution in [2.24, 2.45) is 5.10 Å². The van der Waals surface area contributed by atoms with Gasteiger partial charge >= 0.3 is 6.09 Å². The zero-order chi connectivity index (χ0) is 17.2. The lowest BCUT2D eigenvalue weighted by Gasteiger charge is -2.06. The van der Waals surface area contributed by atoms with E-state index >= 15 is 0 Å². The fourth-order valence-corrected chi connectivity index (χ4v) is 1.69. The lowest BCUT2D eigenvalue weighted by molar-refractivity contribution is -0.120. The van der Waals surface area contributed by atoms with Crippen molar-refractivity contribution >= 4 is 18.2 Å². The number of benzene rings is 2. The molecule has 6 nitrogen and oxygen atoms in total. The zero-order valence-corrected chi connectivity index (χ0v) is 12.7. The maximum absolute atomic E-state index is 12.7. The average molecular weight is 329 g/mol. The van der Waals surface area contributed by atoms with Gasteiger partial charge in [0.05, 0.1) is 6.21 Å². The lowest BCUT2D eigenvalue weighted by Crippen LogP contribution is -2.35. The molecule has 0 heterocycles. The van der Waals surface area contributed by atoms with Crippen LogP contribution in [-0.4, -0.2) is 24.8 Å². The summed E-state index contributed by atoms with van der Waals surface area (Å²) in [5.74, 6) is -0.862. The van der Waals surface area contributed by atoms with E-state index in [1.165, 1.54) is 30.5 Å². The molecule has 0 saturated carbocycles. The molecule has 0 aliphatic rings. The van der Waals surface area contributed by atoms with Gasteiger partial charge in [0.15, 0.2) is 0 Å². The standard InChI is InChI=1S/C17H16FN3O3/c18-15-8-6-13(7-9-15)10-20-21-16(22)11-19-17(23)24-12-14-4-2-1-3-5-14/h1-10H,11-12H2,(H,19,23)(H,21,22)/b20-10-. The molecule has 0 radical (unpaired) electrons. The van der Waals surface area contributed by atoms with Crippen LogP contribution in [0.1, 0.15) is 11.1 Å². The van der Waals surface area contributed by atoms with Crippen molar-refractivity contribution in [2.45, 2.75) is 6.61 Å². The van der Waals surface area contributed by atoms with Crippen molar-refractivity contribution in [3.63, 3.8) is 0 Å². The Bertz CT molecular complexity index is 703. The molecule has 0 saturated heterocycles. The minimum atomic E-state index is -0.698. The second-order valence-electron chi connectivity index (χ2n) is 4.76. The van der Waals surface area contributed by atoms with Crippen LogP contribution in [0.5, 0.6) is 0 Å². The smallest absolute Gasteiger partial charge is 0.407 e. The molecule has 0 spiro atoms. The Kier molecular flexibility index (Phi) is 6.46. The van der Waals surface area contributed by atoms with Crippen molar-refractivity contribution in [2.75, 3.05) is 6.54 Å². The molecule has 7 heteroatoms. The molecule has 0 fully saturated rings. The molecule has 0 aliphatic carbocycles. The molecule has 0 unspecified atom stereocenters. The van der Waals surface area contributed by atoms with Gasteiger partial charge in [0.2, 0.25) is 0 Å². The van der Waals surface area contributed by atoms with E-state index in [0.29, 0.717) is 5.56 Å². The van der Waals surface area contributed by atoms with E-state index in [2.05, 4.69) is 15.8 Å². The van der Waals surface area contributed by atoms with Gasteiger partial charge in [0, 0.05) is 0 Å². The third-order valence-corrected chi connectivity index (χ3v) is 2.88. The van der Waals surface area contributed by atoms with Gasteiger partial charge < -0.3 is 10.1 Å². The van der Waals surface area contributed by atoms with Crippen molar-refractivity contribution in [3.8, 4) is 0 Å². The highest BCUT2D eigenvalue weighted by Crippen LogP contribution is 2.00. The van der Waals surface area contributed by atoms with Crippen LogP contribution in [0, 0.1) is 5.82 Å². The Morgan fingerprint density at radius 2 is 1.79 bits per heavy atom. The molecule has 2 rings (SSSR count). The van der Waals surface area contributed by atoms with E-state index in [0.717, 1.165) is 5.56 Å². The molecular weight excluding hydrogens is 313 g/mol. The van der Waals surface area contributed by atoms with Crippen LogP contribution in [0.15, 0.2) is 59.7 Å². The van der Waals surface area contributed by atoms with Crippen LogP contribution in [0.4, 0.5) is 9.18 Å². The first-order chi connectivity index (χ1) is 11.6. The van der Waals surface area contributed by atoms with Gasteiger partial charge in [-0.15, -0.1) is 0 Å². The Labute approximate surface area is 138 Å². The van der Waals surface area contributed by atoms with Crippen LogP contribution in [-0.2, 0) is 16.1 Å². The summed E-state index contributed by atoms with van der Waals surface area (Å²) < 4.78 is 17.7. The highest BCUT2D eigenvalue weighted by atomic mass is 19.1. The van der Waals surface area contributed by atoms with Gasteiger partial charge in [-0.3, -0.25) is 4.79 Å². The number of alkyl carbamates (subject to hydrolysis) is 1. The predicted molar refractivity (Wildman–Crippen MR) is 86.8 cm³/mol. The molecule has 0 atom stereocenters. The highest BCUT2D eigenvalue weighted by molar-refractivity contribution is 5.84. The molecule has 2 aromatic rings. The molecule has 2 amide bonds. The first-order valence-electron chi connectivity index (χ1n) is 7.15. The van der Waals surface area contributed by atoms with Crippen molar-refractivity contribution in [1.82, 2.24) is 10.7 Å². The molecule has 2 aromatic carbocycles. The Morgan fingerprint density at radius 3 is 2.50 bits per heavy atom. The fourth-order valence-electron chi connectivity index (χ4n) is 1.69. The number of nitrogens with one attached hydrogen (secondary N) is 2. The van der Waals surface area contributed by atoms with Gasteiger partial charge in [0.25, 0.3) is 5.91 Å². The number of hydrogen-bond donors (Lipinski definition) is 2. The number of amides is 2. The molecule has 24 heavy (non-hydrogen) atoms. The van der Waals surface area contributed by atoms with Gasteiger partial charge in [-0.05, 0) is 23.3 Å². The van der Waals surface area contributed by atoms with Gasteiger partial charge in [-0.1, -0.05) is 42.5 Å². The average Bonchev–Trinajstić information content (AvgIpc) is 2.61. The predicted octanol–water partition coefficient (Wildman–Crippen LogP) is 2.20. The van der Waals surface area contributed by atoms with Gasteiger partial charge in [0.1, 0.15) is 19.0 Å². The molecule has 2 N–H and O–H groups in total. The molecule has 0 bridgehead atoms. The molecular formula is C17H16FN3O3. The van der Waals surface area contributed by atoms with Crippen molar-refractivity contribution in [1.29, 1.82) is 0 Å². The summed E-state index contributed by atoms with van der Waals surface area (Å²) in [6, 6.07) is 14.8. The number of nitrogens with zero attached hydrogens (tertiary/aromatic N) is 1. The van der Waals surface area contributed by atoms with Crippen LogP contribution in [0.2, 0.25) is 0 Å². The molecule has 0 aliphatic heterocycles. The monoisotopic (exact) mass is 329 g/mol. The van der Waals surface area contributed by atoms with Crippen molar-refractivity contribution in [3.05, 3.63) is 71.5 Å². The maximum Gasteiger partial charge on any atom is 0.407 e. The van der Waals surface area contributed by atoms with E-state index < -0.39 is 12.0 Å². The van der Waals surface area contributed by atoms with Crippen LogP contribution < -0.4 is 10.7 Å². The van der Waals surface area contributed by atoms with Gasteiger partial charge in [-0.25, -0.2) is 14.6 Å². The largest absolute Gasteiger partial charge is 0.445 e. The second kappa shape index (κ2) is 9.04. The summed E-state index contributed by atoms with van der Waals surface area (Å²) >= 11 is 0. The molecule has 124 valence electrons. The topological polar surface area (TPSA) is 79.8 Å².